The summed E-state index contributed by atoms with van der Waals surface area (Å²) < 4.78 is 0. The fourth-order valence-corrected chi connectivity index (χ4v) is 2.60. The standard InChI is InChI=1S/C16H30N2O2/c1-7-12(6)9-18-13(8-10(2)3)15(19)17-14(11(4)5)16(18)20/h10-14H,7-9H2,1-6H3,(H,17,19). The summed E-state index contributed by atoms with van der Waals surface area (Å²) in [6.45, 7) is 13.1. The van der Waals surface area contributed by atoms with Crippen LogP contribution in [0, 0.1) is 17.8 Å². The van der Waals surface area contributed by atoms with E-state index in [4.69, 9.17) is 0 Å². The normalized spacial score (nSPS) is 25.3. The van der Waals surface area contributed by atoms with Gasteiger partial charge in [0.15, 0.2) is 0 Å². The van der Waals surface area contributed by atoms with Crippen LogP contribution in [0.3, 0.4) is 0 Å². The second-order valence-corrected chi connectivity index (χ2v) is 6.88. The molecule has 3 unspecified atom stereocenters. The maximum Gasteiger partial charge on any atom is 0.246 e. The van der Waals surface area contributed by atoms with Crippen LogP contribution in [-0.2, 0) is 9.59 Å². The molecule has 0 aliphatic carbocycles. The molecule has 0 radical (unpaired) electrons. The summed E-state index contributed by atoms with van der Waals surface area (Å²) in [5, 5.41) is 2.91. The molecule has 4 heteroatoms. The Hall–Kier alpha value is -1.06. The van der Waals surface area contributed by atoms with Crippen LogP contribution in [0.4, 0.5) is 0 Å². The molecular weight excluding hydrogens is 252 g/mol. The predicted octanol–water partition coefficient (Wildman–Crippen LogP) is 2.43. The lowest BCUT2D eigenvalue weighted by Crippen LogP contribution is -2.65. The fourth-order valence-electron chi connectivity index (χ4n) is 2.60. The Labute approximate surface area is 123 Å². The van der Waals surface area contributed by atoms with Crippen LogP contribution in [0.25, 0.3) is 0 Å². The van der Waals surface area contributed by atoms with Crippen molar-refractivity contribution in [3.05, 3.63) is 0 Å². The summed E-state index contributed by atoms with van der Waals surface area (Å²) in [5.41, 5.74) is 0. The van der Waals surface area contributed by atoms with Crippen molar-refractivity contribution in [2.45, 2.75) is 66.5 Å². The second-order valence-electron chi connectivity index (χ2n) is 6.88. The smallest absolute Gasteiger partial charge is 0.246 e. The van der Waals surface area contributed by atoms with E-state index in [9.17, 15) is 9.59 Å². The topological polar surface area (TPSA) is 49.4 Å². The number of piperazine rings is 1. The molecule has 1 aliphatic heterocycles. The van der Waals surface area contributed by atoms with Gasteiger partial charge in [-0.3, -0.25) is 9.59 Å². The zero-order valence-corrected chi connectivity index (χ0v) is 13.8. The molecule has 2 amide bonds. The van der Waals surface area contributed by atoms with Crippen molar-refractivity contribution in [3.8, 4) is 0 Å². The highest BCUT2D eigenvalue weighted by Crippen LogP contribution is 2.22. The van der Waals surface area contributed by atoms with E-state index in [1.807, 2.05) is 18.7 Å². The van der Waals surface area contributed by atoms with Crippen LogP contribution in [-0.4, -0.2) is 35.3 Å². The van der Waals surface area contributed by atoms with Gasteiger partial charge in [-0.05, 0) is 24.2 Å². The number of carbonyl (C=O) groups excluding carboxylic acids is 2. The highest BCUT2D eigenvalue weighted by molar-refractivity contribution is 5.97. The summed E-state index contributed by atoms with van der Waals surface area (Å²) in [7, 11) is 0. The van der Waals surface area contributed by atoms with E-state index in [1.165, 1.54) is 0 Å². The Morgan fingerprint density at radius 3 is 2.20 bits per heavy atom. The zero-order chi connectivity index (χ0) is 15.4. The summed E-state index contributed by atoms with van der Waals surface area (Å²) in [6.07, 6.45) is 1.75. The van der Waals surface area contributed by atoms with E-state index < -0.39 is 0 Å². The van der Waals surface area contributed by atoms with Crippen LogP contribution >= 0.6 is 0 Å². The molecule has 0 aromatic carbocycles. The molecule has 1 saturated heterocycles. The maximum atomic E-state index is 12.7. The van der Waals surface area contributed by atoms with Crippen molar-refractivity contribution < 1.29 is 9.59 Å². The van der Waals surface area contributed by atoms with Crippen LogP contribution in [0.1, 0.15) is 54.4 Å². The lowest BCUT2D eigenvalue weighted by Gasteiger charge is -2.42. The largest absolute Gasteiger partial charge is 0.342 e. The van der Waals surface area contributed by atoms with Crippen LogP contribution < -0.4 is 5.32 Å². The molecule has 1 heterocycles. The Bertz CT molecular complexity index is 352. The molecular formula is C16H30N2O2. The fraction of sp³-hybridized carbons (Fsp3) is 0.875. The van der Waals surface area contributed by atoms with E-state index >= 15 is 0 Å². The van der Waals surface area contributed by atoms with Gasteiger partial charge in [0.2, 0.25) is 11.8 Å². The molecule has 1 aliphatic rings. The molecule has 20 heavy (non-hydrogen) atoms. The van der Waals surface area contributed by atoms with Gasteiger partial charge in [0.1, 0.15) is 12.1 Å². The second kappa shape index (κ2) is 7.09. The summed E-state index contributed by atoms with van der Waals surface area (Å²) in [4.78, 5) is 26.9. The minimum Gasteiger partial charge on any atom is -0.342 e. The first-order chi connectivity index (χ1) is 9.27. The molecule has 4 nitrogen and oxygen atoms in total. The zero-order valence-electron chi connectivity index (χ0n) is 13.8. The highest BCUT2D eigenvalue weighted by atomic mass is 16.2. The third kappa shape index (κ3) is 3.97. The van der Waals surface area contributed by atoms with Gasteiger partial charge in [0.25, 0.3) is 0 Å². The van der Waals surface area contributed by atoms with E-state index in [0.717, 1.165) is 12.8 Å². The first-order valence-electron chi connectivity index (χ1n) is 7.88. The van der Waals surface area contributed by atoms with Crippen molar-refractivity contribution in [1.29, 1.82) is 0 Å². The van der Waals surface area contributed by atoms with Gasteiger partial charge in [0.05, 0.1) is 0 Å². The molecule has 0 aromatic rings. The third-order valence-electron chi connectivity index (χ3n) is 4.09. The van der Waals surface area contributed by atoms with Gasteiger partial charge < -0.3 is 10.2 Å². The Balaban J connectivity index is 2.96. The van der Waals surface area contributed by atoms with Crippen LogP contribution in [0.5, 0.6) is 0 Å². The van der Waals surface area contributed by atoms with Crippen molar-refractivity contribution in [1.82, 2.24) is 10.2 Å². The number of hydrogen-bond donors (Lipinski definition) is 1. The van der Waals surface area contributed by atoms with Crippen LogP contribution in [0.15, 0.2) is 0 Å². The lowest BCUT2D eigenvalue weighted by molar-refractivity contribution is -0.152. The average molecular weight is 282 g/mol. The molecule has 3 atom stereocenters. The number of hydrogen-bond acceptors (Lipinski definition) is 2. The number of nitrogens with one attached hydrogen (secondary N) is 1. The number of rotatable bonds is 6. The first-order valence-corrected chi connectivity index (χ1v) is 7.88. The van der Waals surface area contributed by atoms with Gasteiger partial charge >= 0.3 is 0 Å². The minimum absolute atomic E-state index is 0.0142. The summed E-state index contributed by atoms with van der Waals surface area (Å²) in [5.74, 6) is 1.05. The maximum absolute atomic E-state index is 12.7. The quantitative estimate of drug-likeness (QED) is 0.813. The van der Waals surface area contributed by atoms with E-state index in [2.05, 4.69) is 33.0 Å². The Morgan fingerprint density at radius 2 is 1.75 bits per heavy atom. The van der Waals surface area contributed by atoms with Gasteiger partial charge in [-0.15, -0.1) is 0 Å². The van der Waals surface area contributed by atoms with E-state index in [-0.39, 0.29) is 29.8 Å². The lowest BCUT2D eigenvalue weighted by atomic mass is 9.92. The van der Waals surface area contributed by atoms with Crippen LogP contribution in [0.2, 0.25) is 0 Å². The highest BCUT2D eigenvalue weighted by Gasteiger charge is 2.41. The summed E-state index contributed by atoms with van der Waals surface area (Å²) >= 11 is 0. The van der Waals surface area contributed by atoms with Crippen molar-refractivity contribution >= 4 is 11.8 Å². The van der Waals surface area contributed by atoms with Crippen molar-refractivity contribution in [2.75, 3.05) is 6.54 Å². The number of nitrogens with zero attached hydrogens (tertiary/aromatic N) is 1. The molecule has 1 rings (SSSR count). The molecule has 1 fully saturated rings. The third-order valence-corrected chi connectivity index (χ3v) is 4.09. The van der Waals surface area contributed by atoms with Gasteiger partial charge in [0, 0.05) is 6.54 Å². The molecule has 0 aromatic heterocycles. The Kier molecular flexibility index (Phi) is 6.03. The molecule has 116 valence electrons. The minimum atomic E-state index is -0.366. The van der Waals surface area contributed by atoms with E-state index in [1.54, 1.807) is 0 Å². The van der Waals surface area contributed by atoms with Gasteiger partial charge in [-0.25, -0.2) is 0 Å². The monoisotopic (exact) mass is 282 g/mol. The molecule has 1 N–H and O–H groups in total. The average Bonchev–Trinajstić information content (AvgIpc) is 2.36. The first kappa shape index (κ1) is 17.0. The van der Waals surface area contributed by atoms with Gasteiger partial charge in [-0.2, -0.15) is 0 Å². The summed E-state index contributed by atoms with van der Waals surface area (Å²) in [6, 6.07) is -0.665. The Morgan fingerprint density at radius 1 is 1.15 bits per heavy atom. The predicted molar refractivity (Wildman–Crippen MR) is 81.2 cm³/mol. The van der Waals surface area contributed by atoms with Gasteiger partial charge in [-0.1, -0.05) is 48.0 Å². The van der Waals surface area contributed by atoms with E-state index in [0.29, 0.717) is 18.4 Å². The number of carbonyl (C=O) groups is 2. The SMILES string of the molecule is CCC(C)CN1C(=O)C(C(C)C)NC(=O)C1CC(C)C. The van der Waals surface area contributed by atoms with Crippen molar-refractivity contribution in [3.63, 3.8) is 0 Å². The molecule has 0 saturated carbocycles. The van der Waals surface area contributed by atoms with Crippen molar-refractivity contribution in [2.24, 2.45) is 17.8 Å². The number of amides is 2. The molecule has 0 spiro atoms. The molecule has 0 bridgehead atoms.